The van der Waals surface area contributed by atoms with Crippen molar-refractivity contribution in [1.82, 2.24) is 20.2 Å². The highest BCUT2D eigenvalue weighted by molar-refractivity contribution is 7.17. The van der Waals surface area contributed by atoms with E-state index in [2.05, 4.69) is 30.8 Å². The van der Waals surface area contributed by atoms with E-state index in [1.165, 1.54) is 25.0 Å². The molecular weight excluding hydrogens is 403 g/mol. The Balaban J connectivity index is 1.44. The Morgan fingerprint density at radius 1 is 1.20 bits per heavy atom. The molecule has 0 bridgehead atoms. The largest absolute Gasteiger partial charge is 0.396 e. The normalized spacial score (nSPS) is 14.7. The fraction of sp³-hybridized carbons (Fsp3) is 0.286. The van der Waals surface area contributed by atoms with Gasteiger partial charge in [0.2, 0.25) is 5.95 Å². The fourth-order valence-electron chi connectivity index (χ4n) is 3.44. The molecule has 4 N–H and O–H groups in total. The second-order valence-corrected chi connectivity index (χ2v) is 8.32. The average molecular weight is 425 g/mol. The van der Waals surface area contributed by atoms with E-state index in [-0.39, 0.29) is 18.5 Å². The van der Waals surface area contributed by atoms with Crippen molar-refractivity contribution in [2.24, 2.45) is 0 Å². The van der Waals surface area contributed by atoms with Crippen LogP contribution < -0.4 is 10.6 Å². The third-order valence-corrected chi connectivity index (χ3v) is 6.07. The molecule has 0 radical (unpaired) electrons. The summed E-state index contributed by atoms with van der Waals surface area (Å²) in [4.78, 5) is 9.28. The number of aromatic amines is 1. The monoisotopic (exact) mass is 424 g/mol. The molecule has 0 aliphatic heterocycles. The van der Waals surface area contributed by atoms with Crippen molar-refractivity contribution in [2.45, 2.75) is 31.2 Å². The lowest BCUT2D eigenvalue weighted by Crippen LogP contribution is -2.15. The van der Waals surface area contributed by atoms with Gasteiger partial charge in [0.25, 0.3) is 0 Å². The van der Waals surface area contributed by atoms with E-state index < -0.39 is 0 Å². The van der Waals surface area contributed by atoms with Crippen LogP contribution in [-0.2, 0) is 0 Å². The Morgan fingerprint density at radius 2 is 2.03 bits per heavy atom. The van der Waals surface area contributed by atoms with Gasteiger partial charge in [-0.15, -0.1) is 11.3 Å². The third-order valence-electron chi connectivity index (χ3n) is 5.16. The molecular formula is C21H21FN6OS. The van der Waals surface area contributed by atoms with E-state index >= 15 is 0 Å². The molecule has 1 fully saturated rings. The fourth-order valence-corrected chi connectivity index (χ4v) is 4.22. The van der Waals surface area contributed by atoms with Crippen LogP contribution in [0.4, 0.5) is 22.0 Å². The van der Waals surface area contributed by atoms with Crippen molar-refractivity contribution in [3.63, 3.8) is 0 Å². The maximum absolute atomic E-state index is 13.3. The van der Waals surface area contributed by atoms with Gasteiger partial charge in [-0.1, -0.05) is 12.1 Å². The van der Waals surface area contributed by atoms with Gasteiger partial charge in [0.1, 0.15) is 5.82 Å². The highest BCUT2D eigenvalue weighted by atomic mass is 32.1. The number of halogens is 1. The number of thiophene rings is 1. The number of aliphatic hydroxyl groups excluding tert-OH is 1. The van der Waals surface area contributed by atoms with Crippen LogP contribution in [0, 0.1) is 5.82 Å². The maximum Gasteiger partial charge on any atom is 0.225 e. The second kappa shape index (κ2) is 8.00. The lowest BCUT2D eigenvalue weighted by molar-refractivity contribution is 0.280. The summed E-state index contributed by atoms with van der Waals surface area (Å²) < 4.78 is 14.2. The van der Waals surface area contributed by atoms with Gasteiger partial charge in [-0.25, -0.2) is 9.37 Å². The summed E-state index contributed by atoms with van der Waals surface area (Å²) in [6.07, 6.45) is 2.85. The minimum atomic E-state index is -0.298. The molecule has 0 spiro atoms. The molecule has 1 atom stereocenters. The zero-order valence-electron chi connectivity index (χ0n) is 16.1. The molecule has 1 aliphatic carbocycles. The first-order chi connectivity index (χ1) is 14.7. The predicted molar refractivity (Wildman–Crippen MR) is 116 cm³/mol. The van der Waals surface area contributed by atoms with Crippen molar-refractivity contribution in [2.75, 3.05) is 17.2 Å². The van der Waals surface area contributed by atoms with E-state index in [4.69, 9.17) is 0 Å². The smallest absolute Gasteiger partial charge is 0.225 e. The quantitative estimate of drug-likeness (QED) is 0.327. The van der Waals surface area contributed by atoms with Crippen LogP contribution in [0.1, 0.15) is 42.5 Å². The van der Waals surface area contributed by atoms with E-state index in [1.807, 2.05) is 17.5 Å². The van der Waals surface area contributed by atoms with E-state index in [0.717, 1.165) is 27.3 Å². The number of hydrogen-bond acceptors (Lipinski definition) is 7. The van der Waals surface area contributed by atoms with Gasteiger partial charge in [-0.3, -0.25) is 5.10 Å². The molecule has 0 amide bonds. The zero-order valence-corrected chi connectivity index (χ0v) is 16.9. The van der Waals surface area contributed by atoms with E-state index in [0.29, 0.717) is 24.1 Å². The highest BCUT2D eigenvalue weighted by Crippen LogP contribution is 2.40. The molecule has 0 saturated heterocycles. The molecule has 1 aromatic carbocycles. The molecule has 7 nitrogen and oxygen atoms in total. The molecule has 9 heteroatoms. The SMILES string of the molecule is OCC[C@H](Nc1nc(Nc2cc(C3CC3)[nH]n2)c2sccc2n1)c1ccc(F)cc1. The van der Waals surface area contributed by atoms with Crippen molar-refractivity contribution in [3.8, 4) is 0 Å². The number of hydrogen-bond donors (Lipinski definition) is 4. The second-order valence-electron chi connectivity index (χ2n) is 7.40. The van der Waals surface area contributed by atoms with Crippen LogP contribution in [0.25, 0.3) is 10.2 Å². The van der Waals surface area contributed by atoms with Crippen LogP contribution in [0.5, 0.6) is 0 Å². The summed E-state index contributed by atoms with van der Waals surface area (Å²) in [6.45, 7) is -0.0158. The van der Waals surface area contributed by atoms with E-state index in [9.17, 15) is 9.50 Å². The van der Waals surface area contributed by atoms with Crippen LogP contribution in [0.15, 0.2) is 41.8 Å². The van der Waals surface area contributed by atoms with Gasteiger partial charge in [0, 0.05) is 24.3 Å². The number of benzene rings is 1. The molecule has 30 heavy (non-hydrogen) atoms. The highest BCUT2D eigenvalue weighted by Gasteiger charge is 2.25. The first-order valence-electron chi connectivity index (χ1n) is 9.90. The first-order valence-corrected chi connectivity index (χ1v) is 10.8. The van der Waals surface area contributed by atoms with E-state index in [1.54, 1.807) is 23.5 Å². The predicted octanol–water partition coefficient (Wildman–Crippen LogP) is 4.71. The number of aromatic nitrogens is 4. The van der Waals surface area contributed by atoms with Crippen LogP contribution in [0.3, 0.4) is 0 Å². The van der Waals surface area contributed by atoms with Crippen molar-refractivity contribution in [1.29, 1.82) is 0 Å². The molecule has 1 saturated carbocycles. The number of nitrogens with one attached hydrogen (secondary N) is 3. The molecule has 0 unspecified atom stereocenters. The van der Waals surface area contributed by atoms with Crippen LogP contribution >= 0.6 is 11.3 Å². The summed E-state index contributed by atoms with van der Waals surface area (Å²) in [5.74, 6) is 2.12. The Kier molecular flexibility index (Phi) is 5.06. The molecule has 5 rings (SSSR count). The minimum absolute atomic E-state index is 0.0158. The number of rotatable bonds is 8. The Bertz CT molecular complexity index is 1150. The number of H-pyrrole nitrogens is 1. The first kappa shape index (κ1) is 19.0. The third kappa shape index (κ3) is 3.99. The summed E-state index contributed by atoms with van der Waals surface area (Å²) in [5, 5.41) is 25.5. The molecule has 4 aromatic rings. The van der Waals surface area contributed by atoms with Crippen molar-refractivity contribution >= 4 is 39.1 Å². The lowest BCUT2D eigenvalue weighted by Gasteiger charge is -2.19. The molecule has 1 aliphatic rings. The molecule has 3 heterocycles. The van der Waals surface area contributed by atoms with Crippen molar-refractivity contribution in [3.05, 3.63) is 58.9 Å². The molecule has 154 valence electrons. The minimum Gasteiger partial charge on any atom is -0.396 e. The Hall–Kier alpha value is -3.04. The average Bonchev–Trinajstić information content (AvgIpc) is 3.29. The number of aliphatic hydroxyl groups is 1. The number of anilines is 3. The standard InChI is InChI=1S/C21H21FN6OS/c22-14-5-3-12(4-6-14)15(7-9-29)23-21-24-16-8-10-30-19(16)20(26-21)25-18-11-17(27-28-18)13-1-2-13/h3-6,8,10-11,13,15,29H,1-2,7,9H2,(H3,23,24,25,26,27,28)/t15-/m0/s1. The Labute approximate surface area is 176 Å². The molecule has 3 aromatic heterocycles. The van der Waals surface area contributed by atoms with Crippen molar-refractivity contribution < 1.29 is 9.50 Å². The van der Waals surface area contributed by atoms with Gasteiger partial charge in [0.05, 0.1) is 16.3 Å². The maximum atomic E-state index is 13.3. The van der Waals surface area contributed by atoms with Crippen LogP contribution in [-0.4, -0.2) is 31.9 Å². The van der Waals surface area contributed by atoms with Gasteiger partial charge in [0.15, 0.2) is 11.6 Å². The van der Waals surface area contributed by atoms with Gasteiger partial charge in [-0.05, 0) is 48.4 Å². The lowest BCUT2D eigenvalue weighted by atomic mass is 10.0. The summed E-state index contributed by atoms with van der Waals surface area (Å²) in [6, 6.07) is 9.95. The Morgan fingerprint density at radius 3 is 2.80 bits per heavy atom. The van der Waals surface area contributed by atoms with Gasteiger partial charge < -0.3 is 15.7 Å². The summed E-state index contributed by atoms with van der Waals surface area (Å²) in [5.41, 5.74) is 2.82. The number of fused-ring (bicyclic) bond motifs is 1. The van der Waals surface area contributed by atoms with Gasteiger partial charge in [-0.2, -0.15) is 10.1 Å². The number of nitrogens with zero attached hydrogens (tertiary/aromatic N) is 3. The summed E-state index contributed by atoms with van der Waals surface area (Å²) >= 11 is 1.56. The van der Waals surface area contributed by atoms with Crippen LogP contribution in [0.2, 0.25) is 0 Å². The van der Waals surface area contributed by atoms with Gasteiger partial charge >= 0.3 is 0 Å². The summed E-state index contributed by atoms with van der Waals surface area (Å²) in [7, 11) is 0. The zero-order chi connectivity index (χ0) is 20.5. The topological polar surface area (TPSA) is 98.8 Å².